The van der Waals surface area contributed by atoms with Crippen molar-refractivity contribution >= 4 is 28.5 Å². The van der Waals surface area contributed by atoms with Crippen molar-refractivity contribution in [2.45, 2.75) is 32.7 Å². The number of likely N-dealkylation sites (tertiary alicyclic amines) is 1. The third kappa shape index (κ3) is 3.44. The molecule has 0 bridgehead atoms. The van der Waals surface area contributed by atoms with Crippen LogP contribution in [-0.2, 0) is 6.54 Å². The summed E-state index contributed by atoms with van der Waals surface area (Å²) in [5.41, 5.74) is 2.60. The molecular formula is C21H23ClN4O. The number of halogens is 1. The average molecular weight is 383 g/mol. The summed E-state index contributed by atoms with van der Waals surface area (Å²) in [6.07, 6.45) is 4.57. The molecule has 4 rings (SSSR count). The third-order valence-electron chi connectivity index (χ3n) is 5.07. The Bertz CT molecular complexity index is 981. The molecule has 6 heteroatoms. The highest BCUT2D eigenvalue weighted by atomic mass is 35.5. The molecule has 2 aromatic heterocycles. The van der Waals surface area contributed by atoms with Crippen molar-refractivity contribution in [3.8, 4) is 0 Å². The predicted octanol–water partition coefficient (Wildman–Crippen LogP) is 4.37. The molecule has 1 aromatic carbocycles. The quantitative estimate of drug-likeness (QED) is 0.673. The van der Waals surface area contributed by atoms with Gasteiger partial charge in [0, 0.05) is 31.7 Å². The van der Waals surface area contributed by atoms with Gasteiger partial charge in [0.25, 0.3) is 5.91 Å². The monoisotopic (exact) mass is 382 g/mol. The summed E-state index contributed by atoms with van der Waals surface area (Å²) in [4.78, 5) is 23.9. The van der Waals surface area contributed by atoms with Crippen molar-refractivity contribution in [3.05, 3.63) is 59.1 Å². The first-order chi connectivity index (χ1) is 13.0. The number of carbonyl (C=O) groups excluding carboxylic acids is 1. The van der Waals surface area contributed by atoms with Crippen LogP contribution in [0.15, 0.2) is 42.7 Å². The minimum absolute atomic E-state index is 0.00344. The fourth-order valence-corrected chi connectivity index (χ4v) is 4.03. The Morgan fingerprint density at radius 3 is 2.89 bits per heavy atom. The van der Waals surface area contributed by atoms with Gasteiger partial charge in [-0.2, -0.15) is 0 Å². The number of aromatic nitrogens is 3. The minimum atomic E-state index is -0.00344. The van der Waals surface area contributed by atoms with Gasteiger partial charge in [0.05, 0.1) is 27.8 Å². The number of hydrogen-bond donors (Lipinski definition) is 0. The maximum absolute atomic E-state index is 12.9. The van der Waals surface area contributed by atoms with Crippen LogP contribution in [0.4, 0.5) is 0 Å². The highest BCUT2D eigenvalue weighted by Gasteiger charge is 2.32. The molecule has 1 saturated heterocycles. The molecular weight excluding hydrogens is 360 g/mol. The second-order valence-corrected chi connectivity index (χ2v) is 7.96. The predicted molar refractivity (Wildman–Crippen MR) is 107 cm³/mol. The molecule has 27 heavy (non-hydrogen) atoms. The first-order valence-electron chi connectivity index (χ1n) is 9.38. The van der Waals surface area contributed by atoms with E-state index in [9.17, 15) is 4.79 Å². The Labute approximate surface area is 164 Å². The van der Waals surface area contributed by atoms with Crippen LogP contribution in [0.5, 0.6) is 0 Å². The second-order valence-electron chi connectivity index (χ2n) is 7.56. The van der Waals surface area contributed by atoms with Crippen LogP contribution < -0.4 is 0 Å². The van der Waals surface area contributed by atoms with E-state index in [4.69, 9.17) is 16.6 Å². The van der Waals surface area contributed by atoms with E-state index in [2.05, 4.69) is 23.4 Å². The fraction of sp³-hybridized carbons (Fsp3) is 0.381. The molecule has 140 valence electrons. The van der Waals surface area contributed by atoms with Crippen LogP contribution in [0, 0.1) is 5.92 Å². The molecule has 0 spiro atoms. The molecule has 3 heterocycles. The van der Waals surface area contributed by atoms with E-state index in [1.165, 1.54) is 0 Å². The van der Waals surface area contributed by atoms with E-state index in [-0.39, 0.29) is 11.8 Å². The van der Waals surface area contributed by atoms with Crippen LogP contribution >= 0.6 is 11.6 Å². The maximum Gasteiger partial charge on any atom is 0.255 e. The number of imidazole rings is 1. The number of fused-ring (bicyclic) bond motifs is 1. The first kappa shape index (κ1) is 18.0. The van der Waals surface area contributed by atoms with Gasteiger partial charge in [0.2, 0.25) is 0 Å². The minimum Gasteiger partial charge on any atom is -0.338 e. The molecule has 1 aliphatic heterocycles. The Balaban J connectivity index is 1.62. The number of pyridine rings is 1. The highest BCUT2D eigenvalue weighted by Crippen LogP contribution is 2.31. The van der Waals surface area contributed by atoms with Crippen LogP contribution in [-0.4, -0.2) is 38.4 Å². The largest absolute Gasteiger partial charge is 0.338 e. The van der Waals surface area contributed by atoms with E-state index >= 15 is 0 Å². The van der Waals surface area contributed by atoms with Gasteiger partial charge >= 0.3 is 0 Å². The molecule has 5 nitrogen and oxygen atoms in total. The van der Waals surface area contributed by atoms with E-state index in [0.29, 0.717) is 23.0 Å². The van der Waals surface area contributed by atoms with E-state index in [1.807, 2.05) is 29.3 Å². The second kappa shape index (κ2) is 7.31. The molecule has 0 aliphatic carbocycles. The topological polar surface area (TPSA) is 51.0 Å². The molecule has 0 N–H and O–H groups in total. The van der Waals surface area contributed by atoms with Crippen molar-refractivity contribution < 1.29 is 4.79 Å². The maximum atomic E-state index is 12.9. The summed E-state index contributed by atoms with van der Waals surface area (Å²) in [6.45, 7) is 6.69. The van der Waals surface area contributed by atoms with Crippen molar-refractivity contribution in [2.75, 3.05) is 13.1 Å². The fourth-order valence-electron chi connectivity index (χ4n) is 3.82. The summed E-state index contributed by atoms with van der Waals surface area (Å²) in [7, 11) is 0. The summed E-state index contributed by atoms with van der Waals surface area (Å²) < 4.78 is 2.28. The van der Waals surface area contributed by atoms with E-state index in [0.717, 1.165) is 36.4 Å². The number of nitrogens with zero attached hydrogens (tertiary/aromatic N) is 4. The smallest absolute Gasteiger partial charge is 0.255 e. The molecule has 1 amide bonds. The van der Waals surface area contributed by atoms with Crippen LogP contribution in [0.3, 0.4) is 0 Å². The van der Waals surface area contributed by atoms with Crippen LogP contribution in [0.1, 0.15) is 42.4 Å². The summed E-state index contributed by atoms with van der Waals surface area (Å²) in [5, 5.41) is 0.504. The van der Waals surface area contributed by atoms with Gasteiger partial charge in [0.1, 0.15) is 5.82 Å². The number of rotatable bonds is 4. The number of benzene rings is 1. The Morgan fingerprint density at radius 1 is 1.30 bits per heavy atom. The van der Waals surface area contributed by atoms with Gasteiger partial charge in [0.15, 0.2) is 0 Å². The standard InChI is InChI=1S/C21H23ClN4O/c1-14(2)12-26-19-11-23-9-7-18(19)24-20(26)15-8-10-25(13-15)21(27)16-5-3-4-6-17(16)22/h3-7,9,11,14-15H,8,10,12-13H2,1-2H3. The van der Waals surface area contributed by atoms with Gasteiger partial charge < -0.3 is 9.47 Å². The van der Waals surface area contributed by atoms with Crippen LogP contribution in [0.25, 0.3) is 11.0 Å². The summed E-state index contributed by atoms with van der Waals surface area (Å²) in [6, 6.07) is 9.20. The van der Waals surface area contributed by atoms with Gasteiger partial charge in [-0.25, -0.2) is 4.98 Å². The van der Waals surface area contributed by atoms with Gasteiger partial charge in [-0.1, -0.05) is 37.6 Å². The molecule has 0 radical (unpaired) electrons. The van der Waals surface area contributed by atoms with Crippen molar-refractivity contribution in [1.29, 1.82) is 0 Å². The Hall–Kier alpha value is -2.40. The van der Waals surface area contributed by atoms with Crippen LogP contribution in [0.2, 0.25) is 5.02 Å². The molecule has 0 saturated carbocycles. The Kier molecular flexibility index (Phi) is 4.87. The van der Waals surface area contributed by atoms with Gasteiger partial charge in [-0.3, -0.25) is 9.78 Å². The zero-order valence-electron chi connectivity index (χ0n) is 15.6. The van der Waals surface area contributed by atoms with Gasteiger partial charge in [-0.05, 0) is 30.5 Å². The zero-order valence-corrected chi connectivity index (χ0v) is 16.4. The number of amides is 1. The van der Waals surface area contributed by atoms with Crippen molar-refractivity contribution in [3.63, 3.8) is 0 Å². The van der Waals surface area contributed by atoms with Crippen molar-refractivity contribution in [2.24, 2.45) is 5.92 Å². The lowest BCUT2D eigenvalue weighted by molar-refractivity contribution is 0.0790. The molecule has 1 fully saturated rings. The lowest BCUT2D eigenvalue weighted by Gasteiger charge is -2.18. The Morgan fingerprint density at radius 2 is 2.11 bits per heavy atom. The number of hydrogen-bond acceptors (Lipinski definition) is 3. The molecule has 3 aromatic rings. The SMILES string of the molecule is CC(C)Cn1c(C2CCN(C(=O)c3ccccc3Cl)C2)nc2ccncc21. The van der Waals surface area contributed by atoms with Crippen molar-refractivity contribution in [1.82, 2.24) is 19.4 Å². The lowest BCUT2D eigenvalue weighted by atomic mass is 10.1. The summed E-state index contributed by atoms with van der Waals surface area (Å²) in [5.74, 6) is 1.78. The third-order valence-corrected chi connectivity index (χ3v) is 5.40. The summed E-state index contributed by atoms with van der Waals surface area (Å²) >= 11 is 6.22. The molecule has 1 unspecified atom stereocenters. The van der Waals surface area contributed by atoms with E-state index in [1.54, 1.807) is 18.3 Å². The normalized spacial score (nSPS) is 17.2. The first-order valence-corrected chi connectivity index (χ1v) is 9.76. The van der Waals surface area contributed by atoms with Gasteiger partial charge in [-0.15, -0.1) is 0 Å². The van der Waals surface area contributed by atoms with E-state index < -0.39 is 0 Å². The highest BCUT2D eigenvalue weighted by molar-refractivity contribution is 6.33. The molecule has 1 atom stereocenters. The molecule has 1 aliphatic rings. The zero-order chi connectivity index (χ0) is 19.0. The lowest BCUT2D eigenvalue weighted by Crippen LogP contribution is -2.29. The number of carbonyl (C=O) groups is 1. The average Bonchev–Trinajstić information content (AvgIpc) is 3.27.